The molecule has 0 aliphatic carbocycles. The van der Waals surface area contributed by atoms with E-state index in [0.29, 0.717) is 6.42 Å². The van der Waals surface area contributed by atoms with Crippen molar-refractivity contribution in [3.8, 4) is 0 Å². The molecule has 2 heterocycles. The zero-order valence-corrected chi connectivity index (χ0v) is 9.47. The van der Waals surface area contributed by atoms with Gasteiger partial charge in [0.25, 0.3) is 0 Å². The van der Waals surface area contributed by atoms with Crippen molar-refractivity contribution in [2.45, 2.75) is 19.3 Å². The van der Waals surface area contributed by atoms with Crippen molar-refractivity contribution in [3.05, 3.63) is 36.3 Å². The predicted molar refractivity (Wildman–Crippen MR) is 65.1 cm³/mol. The number of fused-ring (bicyclic) bond motifs is 2. The van der Waals surface area contributed by atoms with E-state index < -0.39 is 0 Å². The third kappa shape index (κ3) is 1.46. The minimum absolute atomic E-state index is 0.127. The molecule has 0 bridgehead atoms. The first-order valence-corrected chi connectivity index (χ1v) is 5.62. The monoisotopic (exact) mass is 228 g/mol. The summed E-state index contributed by atoms with van der Waals surface area (Å²) in [6.45, 7) is 2.03. The molecule has 17 heavy (non-hydrogen) atoms. The summed E-state index contributed by atoms with van der Waals surface area (Å²) in [5.74, 6) is 0.127. The maximum atomic E-state index is 10.7. The Balaban J connectivity index is 2.37. The second kappa shape index (κ2) is 3.77. The van der Waals surface area contributed by atoms with Gasteiger partial charge in [-0.25, -0.2) is 0 Å². The van der Waals surface area contributed by atoms with Gasteiger partial charge in [0.1, 0.15) is 17.5 Å². The molecule has 0 fully saturated rings. The van der Waals surface area contributed by atoms with Gasteiger partial charge in [0.05, 0.1) is 12.5 Å². The number of carbonyl (C=O) groups excluding carboxylic acids is 1. The first kappa shape index (κ1) is 10.1. The zero-order chi connectivity index (χ0) is 11.8. The number of hydrogen-bond donors (Lipinski definition) is 0. The van der Waals surface area contributed by atoms with Crippen molar-refractivity contribution in [1.82, 2.24) is 0 Å². The molecule has 0 aliphatic heterocycles. The van der Waals surface area contributed by atoms with Gasteiger partial charge < -0.3 is 13.6 Å². The van der Waals surface area contributed by atoms with Crippen LogP contribution in [0, 0.1) is 0 Å². The molecule has 1 unspecified atom stereocenters. The number of carbonyl (C=O) groups is 1. The number of hydrogen-bond acceptors (Lipinski definition) is 3. The van der Waals surface area contributed by atoms with E-state index in [1.165, 1.54) is 0 Å². The molecular formula is C14H12O3. The Labute approximate surface area is 98.0 Å². The van der Waals surface area contributed by atoms with Crippen LogP contribution in [0.1, 0.15) is 24.8 Å². The fourth-order valence-corrected chi connectivity index (χ4v) is 2.32. The second-order valence-corrected chi connectivity index (χ2v) is 4.27. The molecule has 1 aromatic carbocycles. The summed E-state index contributed by atoms with van der Waals surface area (Å²) in [5.41, 5.74) is 2.75. The van der Waals surface area contributed by atoms with E-state index in [1.807, 2.05) is 25.1 Å². The fourth-order valence-electron chi connectivity index (χ4n) is 2.32. The molecule has 0 saturated heterocycles. The van der Waals surface area contributed by atoms with Crippen LogP contribution in [-0.4, -0.2) is 6.29 Å². The maximum absolute atomic E-state index is 10.7. The second-order valence-electron chi connectivity index (χ2n) is 4.27. The SMILES string of the molecule is CC(CC=O)c1c2ccoc2cc2ccoc12. The van der Waals surface area contributed by atoms with Crippen molar-refractivity contribution in [2.24, 2.45) is 0 Å². The van der Waals surface area contributed by atoms with Crippen LogP contribution in [0.2, 0.25) is 0 Å². The van der Waals surface area contributed by atoms with Gasteiger partial charge in [-0.05, 0) is 24.1 Å². The Bertz CT molecular complexity index is 626. The van der Waals surface area contributed by atoms with Crippen LogP contribution < -0.4 is 0 Å². The van der Waals surface area contributed by atoms with Crippen LogP contribution in [0.15, 0.2) is 39.6 Å². The molecular weight excluding hydrogens is 216 g/mol. The van der Waals surface area contributed by atoms with Crippen molar-refractivity contribution in [1.29, 1.82) is 0 Å². The standard InChI is InChI=1S/C14H12O3/c1-9(2-5-15)13-11-4-7-16-12(11)8-10-3-6-17-14(10)13/h3-9H,2H2,1H3. The highest BCUT2D eigenvalue weighted by atomic mass is 16.3. The van der Waals surface area contributed by atoms with Gasteiger partial charge in [0.15, 0.2) is 0 Å². The Morgan fingerprint density at radius 2 is 2.12 bits per heavy atom. The molecule has 3 nitrogen and oxygen atoms in total. The number of benzene rings is 1. The minimum Gasteiger partial charge on any atom is -0.464 e. The maximum Gasteiger partial charge on any atom is 0.138 e. The lowest BCUT2D eigenvalue weighted by atomic mass is 9.93. The quantitative estimate of drug-likeness (QED) is 0.639. The molecule has 0 saturated carbocycles. The molecule has 0 N–H and O–H groups in total. The van der Waals surface area contributed by atoms with Gasteiger partial charge >= 0.3 is 0 Å². The molecule has 3 rings (SSSR count). The third-order valence-corrected chi connectivity index (χ3v) is 3.15. The van der Waals surface area contributed by atoms with E-state index in [2.05, 4.69) is 0 Å². The van der Waals surface area contributed by atoms with E-state index in [1.54, 1.807) is 12.5 Å². The van der Waals surface area contributed by atoms with Crippen LogP contribution in [0.3, 0.4) is 0 Å². The van der Waals surface area contributed by atoms with E-state index in [4.69, 9.17) is 8.83 Å². The zero-order valence-electron chi connectivity index (χ0n) is 9.47. The highest BCUT2D eigenvalue weighted by Gasteiger charge is 2.17. The summed E-state index contributed by atoms with van der Waals surface area (Å²) >= 11 is 0. The fraction of sp³-hybridized carbons (Fsp3) is 0.214. The highest BCUT2D eigenvalue weighted by Crippen LogP contribution is 2.35. The summed E-state index contributed by atoms with van der Waals surface area (Å²) in [7, 11) is 0. The summed E-state index contributed by atoms with van der Waals surface area (Å²) in [5, 5.41) is 2.04. The van der Waals surface area contributed by atoms with Crippen molar-refractivity contribution in [2.75, 3.05) is 0 Å². The first-order valence-electron chi connectivity index (χ1n) is 5.62. The third-order valence-electron chi connectivity index (χ3n) is 3.15. The smallest absolute Gasteiger partial charge is 0.138 e. The molecule has 3 heteroatoms. The Morgan fingerprint density at radius 3 is 2.94 bits per heavy atom. The molecule has 0 radical (unpaired) electrons. The lowest BCUT2D eigenvalue weighted by Crippen LogP contribution is -1.95. The van der Waals surface area contributed by atoms with Crippen molar-refractivity contribution in [3.63, 3.8) is 0 Å². The van der Waals surface area contributed by atoms with Gasteiger partial charge in [-0.2, -0.15) is 0 Å². The van der Waals surface area contributed by atoms with Crippen LogP contribution in [0.25, 0.3) is 21.9 Å². The Hall–Kier alpha value is -2.03. The number of aldehydes is 1. The van der Waals surface area contributed by atoms with Crippen LogP contribution in [0.5, 0.6) is 0 Å². The molecule has 0 spiro atoms. The topological polar surface area (TPSA) is 43.4 Å². The predicted octanol–water partition coefficient (Wildman–Crippen LogP) is 3.87. The average molecular weight is 228 g/mol. The van der Waals surface area contributed by atoms with Crippen LogP contribution in [0.4, 0.5) is 0 Å². The molecule has 2 aromatic heterocycles. The summed E-state index contributed by atoms with van der Waals surface area (Å²) in [4.78, 5) is 10.7. The lowest BCUT2D eigenvalue weighted by molar-refractivity contribution is -0.108. The average Bonchev–Trinajstić information content (AvgIpc) is 2.92. The molecule has 1 atom stereocenters. The number of rotatable bonds is 3. The first-order chi connectivity index (χ1) is 8.31. The summed E-state index contributed by atoms with van der Waals surface area (Å²) < 4.78 is 11.0. The summed E-state index contributed by atoms with van der Waals surface area (Å²) in [6, 6.07) is 5.80. The van der Waals surface area contributed by atoms with Crippen molar-refractivity contribution >= 4 is 28.2 Å². The van der Waals surface area contributed by atoms with Crippen LogP contribution >= 0.6 is 0 Å². The van der Waals surface area contributed by atoms with Gasteiger partial charge in [-0.3, -0.25) is 0 Å². The normalized spacial score (nSPS) is 13.2. The highest BCUT2D eigenvalue weighted by molar-refractivity contribution is 5.98. The van der Waals surface area contributed by atoms with Crippen molar-refractivity contribution < 1.29 is 13.6 Å². The largest absolute Gasteiger partial charge is 0.464 e. The Morgan fingerprint density at radius 1 is 1.29 bits per heavy atom. The molecule has 0 aliphatic rings. The van der Waals surface area contributed by atoms with Gasteiger partial charge in [0.2, 0.25) is 0 Å². The van der Waals surface area contributed by atoms with Gasteiger partial charge in [-0.1, -0.05) is 6.92 Å². The number of furan rings is 2. The molecule has 86 valence electrons. The minimum atomic E-state index is 0.127. The summed E-state index contributed by atoms with van der Waals surface area (Å²) in [6.07, 6.45) is 4.76. The molecule has 0 amide bonds. The van der Waals surface area contributed by atoms with Gasteiger partial charge in [-0.15, -0.1) is 0 Å². The molecule has 3 aromatic rings. The van der Waals surface area contributed by atoms with E-state index in [-0.39, 0.29) is 5.92 Å². The van der Waals surface area contributed by atoms with E-state index >= 15 is 0 Å². The Kier molecular flexibility index (Phi) is 2.25. The van der Waals surface area contributed by atoms with E-state index in [0.717, 1.165) is 33.8 Å². The van der Waals surface area contributed by atoms with E-state index in [9.17, 15) is 4.79 Å². The van der Waals surface area contributed by atoms with Gasteiger partial charge in [0, 0.05) is 22.8 Å². The lowest BCUT2D eigenvalue weighted by Gasteiger charge is -2.10. The van der Waals surface area contributed by atoms with Crippen LogP contribution in [-0.2, 0) is 4.79 Å².